The number of aryl methyl sites for hydroxylation is 1. The SMILES string of the molecule is Cc1cc(F)ccc1[C@H]1CN(C(=O)C2CCN(C(=O)CO)CC2)CC[C@@H]1C(=O)N(Cc1cc(C(F)(F)F)cc(C(F)(F)F)c1)C1CC1. The molecule has 1 N–H and O–H groups in total. The third kappa shape index (κ3) is 7.90. The lowest BCUT2D eigenvalue weighted by Gasteiger charge is -2.42. The third-order valence-electron chi connectivity index (χ3n) is 9.48. The minimum atomic E-state index is -5.03. The first kappa shape index (κ1) is 34.6. The Bertz CT molecular complexity index is 1470. The molecule has 2 atom stereocenters. The smallest absolute Gasteiger partial charge is 0.387 e. The Balaban J connectivity index is 1.41. The van der Waals surface area contributed by atoms with Crippen molar-refractivity contribution in [1.29, 1.82) is 0 Å². The summed E-state index contributed by atoms with van der Waals surface area (Å²) in [5.74, 6) is -3.25. The molecular formula is C33H36F7N3O4. The molecule has 3 amide bonds. The van der Waals surface area contributed by atoms with Crippen LogP contribution in [0.5, 0.6) is 0 Å². The van der Waals surface area contributed by atoms with E-state index >= 15 is 0 Å². The molecule has 2 saturated heterocycles. The molecule has 3 aliphatic rings. The van der Waals surface area contributed by atoms with Crippen molar-refractivity contribution < 1.29 is 50.2 Å². The van der Waals surface area contributed by atoms with Crippen LogP contribution in [-0.4, -0.2) is 76.4 Å². The van der Waals surface area contributed by atoms with Gasteiger partial charge in [0.1, 0.15) is 12.4 Å². The minimum Gasteiger partial charge on any atom is -0.387 e. The van der Waals surface area contributed by atoms with Gasteiger partial charge in [0, 0.05) is 56.5 Å². The van der Waals surface area contributed by atoms with Crippen molar-refractivity contribution in [3.05, 3.63) is 70.0 Å². The topological polar surface area (TPSA) is 81.2 Å². The van der Waals surface area contributed by atoms with E-state index in [4.69, 9.17) is 5.11 Å². The van der Waals surface area contributed by atoms with Crippen LogP contribution < -0.4 is 0 Å². The van der Waals surface area contributed by atoms with Crippen LogP contribution in [0.25, 0.3) is 0 Å². The van der Waals surface area contributed by atoms with Gasteiger partial charge in [-0.15, -0.1) is 0 Å². The number of hydrogen-bond acceptors (Lipinski definition) is 4. The first-order valence-electron chi connectivity index (χ1n) is 15.6. The summed E-state index contributed by atoms with van der Waals surface area (Å²) in [6.07, 6.45) is -7.97. The summed E-state index contributed by atoms with van der Waals surface area (Å²) < 4.78 is 95.5. The predicted octanol–water partition coefficient (Wildman–Crippen LogP) is 5.53. The largest absolute Gasteiger partial charge is 0.416 e. The molecule has 0 radical (unpaired) electrons. The summed E-state index contributed by atoms with van der Waals surface area (Å²) in [5, 5.41) is 9.15. The van der Waals surface area contributed by atoms with Crippen LogP contribution in [0.3, 0.4) is 0 Å². The van der Waals surface area contributed by atoms with Crippen molar-refractivity contribution in [1.82, 2.24) is 14.7 Å². The van der Waals surface area contributed by atoms with Crippen LogP contribution in [0.4, 0.5) is 30.7 Å². The van der Waals surface area contributed by atoms with Gasteiger partial charge >= 0.3 is 12.4 Å². The summed E-state index contributed by atoms with van der Waals surface area (Å²) >= 11 is 0. The Morgan fingerprint density at radius 2 is 1.45 bits per heavy atom. The maximum absolute atomic E-state index is 14.3. The average Bonchev–Trinajstić information content (AvgIpc) is 3.87. The molecule has 0 spiro atoms. The van der Waals surface area contributed by atoms with Crippen molar-refractivity contribution >= 4 is 17.7 Å². The maximum Gasteiger partial charge on any atom is 0.416 e. The molecule has 47 heavy (non-hydrogen) atoms. The van der Waals surface area contributed by atoms with E-state index in [0.29, 0.717) is 62.0 Å². The monoisotopic (exact) mass is 671 g/mol. The summed E-state index contributed by atoms with van der Waals surface area (Å²) in [6, 6.07) is 5.09. The quantitative estimate of drug-likeness (QED) is 0.393. The highest BCUT2D eigenvalue weighted by Crippen LogP contribution is 2.41. The molecule has 7 nitrogen and oxygen atoms in total. The molecule has 3 fully saturated rings. The first-order valence-corrected chi connectivity index (χ1v) is 15.6. The first-order chi connectivity index (χ1) is 22.1. The Morgan fingerprint density at radius 3 is 1.98 bits per heavy atom. The molecule has 14 heteroatoms. The van der Waals surface area contributed by atoms with Crippen LogP contribution in [0.15, 0.2) is 36.4 Å². The van der Waals surface area contributed by atoms with Crippen LogP contribution in [0, 0.1) is 24.6 Å². The fourth-order valence-corrected chi connectivity index (χ4v) is 6.85. The number of carbonyl (C=O) groups is 3. The molecule has 5 rings (SSSR count). The minimum absolute atomic E-state index is 0.0567. The molecule has 0 bridgehead atoms. The zero-order chi connectivity index (χ0) is 34.3. The van der Waals surface area contributed by atoms with Crippen LogP contribution in [0.1, 0.15) is 65.8 Å². The normalized spacial score (nSPS) is 21.1. The van der Waals surface area contributed by atoms with Crippen molar-refractivity contribution in [2.45, 2.75) is 69.9 Å². The lowest BCUT2D eigenvalue weighted by molar-refractivity contribution is -0.146. The second kappa shape index (κ2) is 13.4. The number of alkyl halides is 6. The molecule has 2 heterocycles. The zero-order valence-electron chi connectivity index (χ0n) is 25.7. The van der Waals surface area contributed by atoms with Crippen molar-refractivity contribution in [2.75, 3.05) is 32.8 Å². The maximum atomic E-state index is 14.3. The van der Waals surface area contributed by atoms with E-state index in [0.717, 1.165) is 0 Å². The van der Waals surface area contributed by atoms with Gasteiger partial charge in [-0.1, -0.05) is 6.07 Å². The lowest BCUT2D eigenvalue weighted by atomic mass is 9.77. The number of halogens is 7. The van der Waals surface area contributed by atoms with Gasteiger partial charge in [0.25, 0.3) is 0 Å². The number of amides is 3. The van der Waals surface area contributed by atoms with Gasteiger partial charge in [0.05, 0.1) is 11.1 Å². The van der Waals surface area contributed by atoms with E-state index < -0.39 is 66.1 Å². The number of nitrogens with zero attached hydrogens (tertiary/aromatic N) is 3. The van der Waals surface area contributed by atoms with Gasteiger partial charge in [0.15, 0.2) is 0 Å². The van der Waals surface area contributed by atoms with E-state index in [1.165, 1.54) is 21.9 Å². The Hall–Kier alpha value is -3.68. The van der Waals surface area contributed by atoms with E-state index in [-0.39, 0.29) is 49.0 Å². The highest BCUT2D eigenvalue weighted by atomic mass is 19.4. The van der Waals surface area contributed by atoms with Crippen molar-refractivity contribution in [3.63, 3.8) is 0 Å². The number of rotatable bonds is 7. The standard InChI is InChI=1S/C33H36F7N3O4/c1-19-12-24(34)2-5-26(19)28-17-42(30(46)21-6-9-41(10-7-21)29(45)18-44)11-8-27(28)31(47)43(25-3-4-25)16-20-13-22(32(35,36)37)15-23(14-20)33(38,39)40/h2,5,12-15,21,25,27-28,44H,3-4,6-11,16-18H2,1H3/t27-,28+/m0/s1. The second-order valence-corrected chi connectivity index (χ2v) is 12.7. The summed E-state index contributed by atoms with van der Waals surface area (Å²) in [4.78, 5) is 44.3. The predicted molar refractivity (Wildman–Crippen MR) is 155 cm³/mol. The van der Waals surface area contributed by atoms with Crippen LogP contribution in [-0.2, 0) is 33.3 Å². The van der Waals surface area contributed by atoms with Crippen LogP contribution in [0.2, 0.25) is 0 Å². The Kier molecular flexibility index (Phi) is 9.91. The molecule has 1 aliphatic carbocycles. The van der Waals surface area contributed by atoms with E-state index in [1.807, 2.05) is 0 Å². The van der Waals surface area contributed by atoms with Gasteiger partial charge in [-0.05, 0) is 86.1 Å². The van der Waals surface area contributed by atoms with Gasteiger partial charge in [-0.25, -0.2) is 4.39 Å². The molecule has 1 saturated carbocycles. The van der Waals surface area contributed by atoms with Crippen molar-refractivity contribution in [2.24, 2.45) is 11.8 Å². The fourth-order valence-electron chi connectivity index (χ4n) is 6.85. The molecule has 0 unspecified atom stereocenters. The molecule has 0 aromatic heterocycles. The third-order valence-corrected chi connectivity index (χ3v) is 9.48. The molecular weight excluding hydrogens is 635 g/mol. The zero-order valence-corrected chi connectivity index (χ0v) is 25.7. The number of likely N-dealkylation sites (tertiary alicyclic amines) is 2. The number of hydrogen-bond donors (Lipinski definition) is 1. The molecule has 2 aliphatic heterocycles. The van der Waals surface area contributed by atoms with Crippen LogP contribution >= 0.6 is 0 Å². The van der Waals surface area contributed by atoms with Gasteiger partial charge < -0.3 is 19.8 Å². The van der Waals surface area contributed by atoms with Gasteiger partial charge in [-0.3, -0.25) is 14.4 Å². The lowest BCUT2D eigenvalue weighted by Crippen LogP contribution is -2.51. The summed E-state index contributed by atoms with van der Waals surface area (Å²) in [6.45, 7) is 1.54. The van der Waals surface area contributed by atoms with E-state index in [2.05, 4.69) is 0 Å². The van der Waals surface area contributed by atoms with Crippen molar-refractivity contribution in [3.8, 4) is 0 Å². The fraction of sp³-hybridized carbons (Fsp3) is 0.545. The number of carbonyl (C=O) groups excluding carboxylic acids is 3. The number of benzene rings is 2. The number of piperidine rings is 2. The molecule has 256 valence electrons. The number of aliphatic hydroxyl groups excluding tert-OH is 1. The summed E-state index contributed by atoms with van der Waals surface area (Å²) in [7, 11) is 0. The number of aliphatic hydroxyl groups is 1. The van der Waals surface area contributed by atoms with Gasteiger partial charge in [0.2, 0.25) is 17.7 Å². The second-order valence-electron chi connectivity index (χ2n) is 12.7. The molecule has 2 aromatic rings. The molecule has 2 aromatic carbocycles. The highest BCUT2D eigenvalue weighted by molar-refractivity contribution is 5.83. The Labute approximate surface area is 267 Å². The Morgan fingerprint density at radius 1 is 0.851 bits per heavy atom. The highest BCUT2D eigenvalue weighted by Gasteiger charge is 2.44. The average molecular weight is 672 g/mol. The van der Waals surface area contributed by atoms with E-state index in [1.54, 1.807) is 17.9 Å². The summed E-state index contributed by atoms with van der Waals surface area (Å²) in [5.41, 5.74) is -2.03. The van der Waals surface area contributed by atoms with Gasteiger partial charge in [-0.2, -0.15) is 26.3 Å². The van der Waals surface area contributed by atoms with E-state index in [9.17, 15) is 45.1 Å².